The zero-order chi connectivity index (χ0) is 21.3. The molecule has 1 fully saturated rings. The number of likely N-dealkylation sites (tertiary alicyclic amines) is 1. The number of hydrogen-bond donors (Lipinski definition) is 2. The van der Waals surface area contributed by atoms with Gasteiger partial charge in [-0.25, -0.2) is 4.98 Å². The van der Waals surface area contributed by atoms with E-state index in [1.54, 1.807) is 25.1 Å². The quantitative estimate of drug-likeness (QED) is 0.646. The maximum atomic E-state index is 12.9. The molecule has 0 saturated carbocycles. The third-order valence-electron chi connectivity index (χ3n) is 5.16. The van der Waals surface area contributed by atoms with Crippen LogP contribution in [0.25, 0.3) is 22.6 Å². The number of nitrogens with one attached hydrogen (secondary N) is 2. The van der Waals surface area contributed by atoms with Gasteiger partial charge in [0.25, 0.3) is 11.6 Å². The highest BCUT2D eigenvalue weighted by molar-refractivity contribution is 6.07. The standard InChI is InChI=1S/C20H21N5O5/c1-11-17-12(9-13(15-6-4-8-29-15)23-20(17)30-24-11)18(27)22-10-16(26)25-7-3-5-14(25)19(28)21-2/h4,6,8-9,14H,3,5,7,10H2,1-2H3,(H,21,28)(H,22,27). The number of amides is 3. The van der Waals surface area contributed by atoms with Gasteiger partial charge < -0.3 is 24.5 Å². The van der Waals surface area contributed by atoms with Crippen LogP contribution in [0.5, 0.6) is 0 Å². The Labute approximate surface area is 171 Å². The minimum Gasteiger partial charge on any atom is -0.463 e. The zero-order valence-electron chi connectivity index (χ0n) is 16.6. The molecule has 3 amide bonds. The molecule has 0 bridgehead atoms. The largest absolute Gasteiger partial charge is 0.463 e. The van der Waals surface area contributed by atoms with Gasteiger partial charge in [-0.3, -0.25) is 14.4 Å². The maximum absolute atomic E-state index is 12.9. The summed E-state index contributed by atoms with van der Waals surface area (Å²) in [5, 5.41) is 9.58. The molecule has 0 radical (unpaired) electrons. The molecule has 4 heterocycles. The van der Waals surface area contributed by atoms with Gasteiger partial charge in [0.15, 0.2) is 5.76 Å². The molecule has 30 heavy (non-hydrogen) atoms. The predicted octanol–water partition coefficient (Wildman–Crippen LogP) is 1.26. The first-order valence-electron chi connectivity index (χ1n) is 9.59. The van der Waals surface area contributed by atoms with Crippen LogP contribution in [0.2, 0.25) is 0 Å². The molecule has 1 aliphatic rings. The Balaban J connectivity index is 1.55. The first-order chi connectivity index (χ1) is 14.5. The summed E-state index contributed by atoms with van der Waals surface area (Å²) in [6.45, 7) is 1.97. The highest BCUT2D eigenvalue weighted by Crippen LogP contribution is 2.27. The number of fused-ring (bicyclic) bond motifs is 1. The van der Waals surface area contributed by atoms with Gasteiger partial charge in [0.1, 0.15) is 11.7 Å². The van der Waals surface area contributed by atoms with Gasteiger partial charge in [-0.2, -0.15) is 0 Å². The fraction of sp³-hybridized carbons (Fsp3) is 0.350. The summed E-state index contributed by atoms with van der Waals surface area (Å²) in [5.74, 6) is -0.508. The van der Waals surface area contributed by atoms with Crippen LogP contribution in [0, 0.1) is 6.92 Å². The van der Waals surface area contributed by atoms with Crippen molar-refractivity contribution in [3.8, 4) is 11.5 Å². The Morgan fingerprint density at radius 3 is 2.90 bits per heavy atom. The molecule has 0 aromatic carbocycles. The van der Waals surface area contributed by atoms with Crippen molar-refractivity contribution in [3.63, 3.8) is 0 Å². The fourth-order valence-electron chi connectivity index (χ4n) is 3.68. The van der Waals surface area contributed by atoms with E-state index in [0.29, 0.717) is 35.5 Å². The van der Waals surface area contributed by atoms with Crippen molar-refractivity contribution in [2.24, 2.45) is 0 Å². The van der Waals surface area contributed by atoms with Crippen LogP contribution >= 0.6 is 0 Å². The molecule has 1 aliphatic heterocycles. The van der Waals surface area contributed by atoms with Crippen molar-refractivity contribution in [1.29, 1.82) is 0 Å². The summed E-state index contributed by atoms with van der Waals surface area (Å²) in [7, 11) is 1.54. The highest BCUT2D eigenvalue weighted by Gasteiger charge is 2.33. The summed E-state index contributed by atoms with van der Waals surface area (Å²) in [5.41, 5.74) is 1.41. The van der Waals surface area contributed by atoms with Crippen LogP contribution in [-0.2, 0) is 9.59 Å². The van der Waals surface area contributed by atoms with Gasteiger partial charge >= 0.3 is 0 Å². The highest BCUT2D eigenvalue weighted by atomic mass is 16.5. The normalized spacial score (nSPS) is 16.1. The Hall–Kier alpha value is -3.69. The van der Waals surface area contributed by atoms with Crippen LogP contribution in [0.1, 0.15) is 28.9 Å². The van der Waals surface area contributed by atoms with E-state index in [-0.39, 0.29) is 29.6 Å². The molecule has 0 spiro atoms. The first kappa shape index (κ1) is 19.6. The number of carbonyl (C=O) groups excluding carboxylic acids is 3. The molecule has 10 heteroatoms. The molecule has 4 rings (SSSR count). The van der Waals surface area contributed by atoms with Crippen molar-refractivity contribution in [2.75, 3.05) is 20.1 Å². The van der Waals surface area contributed by atoms with E-state index >= 15 is 0 Å². The van der Waals surface area contributed by atoms with Crippen LogP contribution < -0.4 is 10.6 Å². The summed E-state index contributed by atoms with van der Waals surface area (Å²) in [4.78, 5) is 43.4. The Morgan fingerprint density at radius 1 is 1.33 bits per heavy atom. The topological polar surface area (TPSA) is 131 Å². The molecule has 1 unspecified atom stereocenters. The second-order valence-corrected chi connectivity index (χ2v) is 7.02. The maximum Gasteiger partial charge on any atom is 0.259 e. The predicted molar refractivity (Wildman–Crippen MR) is 105 cm³/mol. The smallest absolute Gasteiger partial charge is 0.259 e. The number of carbonyl (C=O) groups is 3. The molecule has 156 valence electrons. The molecular weight excluding hydrogens is 390 g/mol. The number of aromatic nitrogens is 2. The molecular formula is C20H21N5O5. The third-order valence-corrected chi connectivity index (χ3v) is 5.16. The molecule has 10 nitrogen and oxygen atoms in total. The fourth-order valence-corrected chi connectivity index (χ4v) is 3.68. The summed E-state index contributed by atoms with van der Waals surface area (Å²) >= 11 is 0. The number of rotatable bonds is 5. The van der Waals surface area contributed by atoms with Crippen molar-refractivity contribution in [3.05, 3.63) is 35.7 Å². The average molecular weight is 411 g/mol. The molecule has 3 aromatic heterocycles. The number of furan rings is 1. The van der Waals surface area contributed by atoms with Crippen molar-refractivity contribution < 1.29 is 23.3 Å². The van der Waals surface area contributed by atoms with Crippen LogP contribution in [0.15, 0.2) is 33.4 Å². The lowest BCUT2D eigenvalue weighted by Gasteiger charge is -2.23. The van der Waals surface area contributed by atoms with E-state index in [4.69, 9.17) is 8.94 Å². The van der Waals surface area contributed by atoms with Crippen molar-refractivity contribution in [1.82, 2.24) is 25.7 Å². The summed E-state index contributed by atoms with van der Waals surface area (Å²) < 4.78 is 10.6. The SMILES string of the molecule is CNC(=O)C1CCCN1C(=O)CNC(=O)c1cc(-c2ccco2)nc2onc(C)c12. The number of pyridine rings is 1. The second kappa shape index (κ2) is 7.97. The van der Waals surface area contributed by atoms with Gasteiger partial charge in [-0.05, 0) is 38.0 Å². The van der Waals surface area contributed by atoms with Gasteiger partial charge in [0.2, 0.25) is 11.8 Å². The second-order valence-electron chi connectivity index (χ2n) is 7.02. The summed E-state index contributed by atoms with van der Waals surface area (Å²) in [6, 6.07) is 4.51. The zero-order valence-corrected chi connectivity index (χ0v) is 16.6. The van der Waals surface area contributed by atoms with E-state index in [1.165, 1.54) is 18.2 Å². The number of aryl methyl sites for hydroxylation is 1. The Bertz CT molecular complexity index is 1100. The molecule has 1 saturated heterocycles. The van der Waals surface area contributed by atoms with Crippen LogP contribution in [0.4, 0.5) is 0 Å². The van der Waals surface area contributed by atoms with E-state index < -0.39 is 11.9 Å². The lowest BCUT2D eigenvalue weighted by Crippen LogP contribution is -2.48. The molecule has 2 N–H and O–H groups in total. The summed E-state index contributed by atoms with van der Waals surface area (Å²) in [6.07, 6.45) is 2.86. The number of nitrogens with zero attached hydrogens (tertiary/aromatic N) is 3. The first-order valence-corrected chi connectivity index (χ1v) is 9.59. The molecule has 0 aliphatic carbocycles. The monoisotopic (exact) mass is 411 g/mol. The minimum absolute atomic E-state index is 0.203. The van der Waals surface area contributed by atoms with Gasteiger partial charge in [-0.15, -0.1) is 0 Å². The number of likely N-dealkylation sites (N-methyl/N-ethyl adjacent to an activating group) is 1. The lowest BCUT2D eigenvalue weighted by atomic mass is 10.1. The van der Waals surface area contributed by atoms with E-state index in [1.807, 2.05) is 0 Å². The lowest BCUT2D eigenvalue weighted by molar-refractivity contribution is -0.137. The van der Waals surface area contributed by atoms with E-state index in [9.17, 15) is 14.4 Å². The Kier molecular flexibility index (Phi) is 5.21. The van der Waals surface area contributed by atoms with Crippen molar-refractivity contribution >= 4 is 28.8 Å². The average Bonchev–Trinajstić information content (AvgIpc) is 3.51. The van der Waals surface area contributed by atoms with Gasteiger partial charge in [-0.1, -0.05) is 5.16 Å². The van der Waals surface area contributed by atoms with Crippen LogP contribution in [-0.4, -0.2) is 58.9 Å². The number of hydrogen-bond acceptors (Lipinski definition) is 7. The molecule has 3 aromatic rings. The Morgan fingerprint density at radius 2 is 2.17 bits per heavy atom. The van der Waals surface area contributed by atoms with Gasteiger partial charge in [0, 0.05) is 13.6 Å². The molecule has 1 atom stereocenters. The third kappa shape index (κ3) is 3.51. The minimum atomic E-state index is -0.502. The van der Waals surface area contributed by atoms with Crippen molar-refractivity contribution in [2.45, 2.75) is 25.8 Å². The van der Waals surface area contributed by atoms with Crippen LogP contribution in [0.3, 0.4) is 0 Å². The van der Waals surface area contributed by atoms with Gasteiger partial charge in [0.05, 0.1) is 29.5 Å². The van der Waals surface area contributed by atoms with E-state index in [0.717, 1.165) is 6.42 Å². The van der Waals surface area contributed by atoms with E-state index in [2.05, 4.69) is 20.8 Å².